The Labute approximate surface area is 151 Å². The number of amides is 2. The molecule has 3 rings (SSSR count). The van der Waals surface area contributed by atoms with Crippen LogP contribution in [0.3, 0.4) is 0 Å². The van der Waals surface area contributed by atoms with Crippen LogP contribution in [0.4, 0.5) is 0 Å². The van der Waals surface area contributed by atoms with Crippen molar-refractivity contribution in [2.45, 2.75) is 32.6 Å². The molecule has 0 radical (unpaired) electrons. The van der Waals surface area contributed by atoms with Gasteiger partial charge in [-0.1, -0.05) is 19.1 Å². The minimum absolute atomic E-state index is 0.197. The van der Waals surface area contributed by atoms with Crippen LogP contribution >= 0.6 is 11.3 Å². The second-order valence-electron chi connectivity index (χ2n) is 6.43. The summed E-state index contributed by atoms with van der Waals surface area (Å²) in [5.41, 5.74) is 7.12. The van der Waals surface area contributed by atoms with Crippen molar-refractivity contribution in [3.63, 3.8) is 0 Å². The maximum atomic E-state index is 12.3. The van der Waals surface area contributed by atoms with Gasteiger partial charge in [-0.25, -0.2) is 0 Å². The highest BCUT2D eigenvalue weighted by molar-refractivity contribution is 7.14. The first-order valence-electron chi connectivity index (χ1n) is 8.39. The highest BCUT2D eigenvalue weighted by Gasteiger charge is 2.20. The Morgan fingerprint density at radius 3 is 2.72 bits per heavy atom. The molecule has 6 heteroatoms. The van der Waals surface area contributed by atoms with Gasteiger partial charge in [0, 0.05) is 4.88 Å². The van der Waals surface area contributed by atoms with Crippen molar-refractivity contribution in [1.82, 2.24) is 10.9 Å². The molecule has 1 atom stereocenters. The number of nitrogens with one attached hydrogen (secondary N) is 2. The van der Waals surface area contributed by atoms with Crippen LogP contribution in [-0.2, 0) is 24.1 Å². The molecule has 1 aromatic carbocycles. The van der Waals surface area contributed by atoms with E-state index in [1.54, 1.807) is 19.2 Å². The van der Waals surface area contributed by atoms with E-state index in [1.807, 2.05) is 18.2 Å². The Kier molecular flexibility index (Phi) is 5.38. The molecular weight excluding hydrogens is 336 g/mol. The maximum Gasteiger partial charge on any atom is 0.279 e. The average molecular weight is 358 g/mol. The summed E-state index contributed by atoms with van der Waals surface area (Å²) in [6.45, 7) is 2.24. The third-order valence-electron chi connectivity index (χ3n) is 4.39. The van der Waals surface area contributed by atoms with Crippen LogP contribution in [0.2, 0.25) is 0 Å². The molecule has 2 N–H and O–H groups in total. The lowest BCUT2D eigenvalue weighted by atomic mass is 9.90. The topological polar surface area (TPSA) is 67.4 Å². The number of aryl methyl sites for hydroxylation is 1. The van der Waals surface area contributed by atoms with Gasteiger partial charge in [0.05, 0.1) is 18.4 Å². The number of carbonyl (C=O) groups is 2. The lowest BCUT2D eigenvalue weighted by Gasteiger charge is -2.16. The lowest BCUT2D eigenvalue weighted by Crippen LogP contribution is -2.42. The van der Waals surface area contributed by atoms with Gasteiger partial charge in [0.25, 0.3) is 5.91 Å². The molecule has 0 fully saturated rings. The van der Waals surface area contributed by atoms with Gasteiger partial charge in [0.1, 0.15) is 5.75 Å². The van der Waals surface area contributed by atoms with Crippen molar-refractivity contribution in [2.75, 3.05) is 7.11 Å². The number of hydrazine groups is 1. The molecule has 1 aromatic heterocycles. The van der Waals surface area contributed by atoms with Crippen LogP contribution in [0.15, 0.2) is 30.3 Å². The first-order valence-corrected chi connectivity index (χ1v) is 9.20. The molecule has 0 unspecified atom stereocenters. The van der Waals surface area contributed by atoms with Crippen LogP contribution in [-0.4, -0.2) is 18.9 Å². The fourth-order valence-electron chi connectivity index (χ4n) is 2.98. The molecule has 0 aliphatic heterocycles. The van der Waals surface area contributed by atoms with E-state index < -0.39 is 0 Å². The lowest BCUT2D eigenvalue weighted by molar-refractivity contribution is -0.121. The third kappa shape index (κ3) is 4.39. The Balaban J connectivity index is 1.52. The van der Waals surface area contributed by atoms with Crippen LogP contribution < -0.4 is 15.6 Å². The first kappa shape index (κ1) is 17.5. The zero-order valence-electron chi connectivity index (χ0n) is 14.4. The minimum Gasteiger partial charge on any atom is -0.497 e. The highest BCUT2D eigenvalue weighted by atomic mass is 32.1. The second kappa shape index (κ2) is 7.70. The van der Waals surface area contributed by atoms with E-state index in [2.05, 4.69) is 17.8 Å². The Morgan fingerprint density at radius 2 is 2.00 bits per heavy atom. The molecule has 1 heterocycles. The smallest absolute Gasteiger partial charge is 0.279 e. The number of thiophene rings is 1. The summed E-state index contributed by atoms with van der Waals surface area (Å²) in [6, 6.07) is 9.22. The molecule has 5 nitrogen and oxygen atoms in total. The second-order valence-corrected chi connectivity index (χ2v) is 7.57. The number of methoxy groups -OCH3 is 1. The van der Waals surface area contributed by atoms with Crippen LogP contribution in [0.5, 0.6) is 5.75 Å². The van der Waals surface area contributed by atoms with Crippen molar-refractivity contribution in [2.24, 2.45) is 5.92 Å². The molecule has 0 spiro atoms. The zero-order valence-corrected chi connectivity index (χ0v) is 15.2. The fourth-order valence-corrected chi connectivity index (χ4v) is 4.08. The molecule has 0 saturated heterocycles. The van der Waals surface area contributed by atoms with E-state index in [-0.39, 0.29) is 18.2 Å². The third-order valence-corrected chi connectivity index (χ3v) is 5.63. The maximum absolute atomic E-state index is 12.3. The van der Waals surface area contributed by atoms with E-state index in [4.69, 9.17) is 4.74 Å². The molecule has 0 bridgehead atoms. The largest absolute Gasteiger partial charge is 0.497 e. The number of hydrogen-bond donors (Lipinski definition) is 2. The molecular formula is C19H22N2O3S. The van der Waals surface area contributed by atoms with Gasteiger partial charge in [-0.05, 0) is 54.5 Å². The molecule has 2 aromatic rings. The van der Waals surface area contributed by atoms with Gasteiger partial charge >= 0.3 is 0 Å². The molecule has 0 saturated carbocycles. The van der Waals surface area contributed by atoms with Gasteiger partial charge in [-0.2, -0.15) is 0 Å². The zero-order chi connectivity index (χ0) is 17.8. The number of fused-ring (bicyclic) bond motifs is 1. The monoisotopic (exact) mass is 358 g/mol. The summed E-state index contributed by atoms with van der Waals surface area (Å²) in [7, 11) is 1.60. The molecule has 2 amide bonds. The van der Waals surface area contributed by atoms with Crippen LogP contribution in [0.1, 0.15) is 39.0 Å². The fraction of sp³-hybridized carbons (Fsp3) is 0.368. The summed E-state index contributed by atoms with van der Waals surface area (Å²) in [5, 5.41) is 0. The number of benzene rings is 1. The van der Waals surface area contributed by atoms with Crippen LogP contribution in [0.25, 0.3) is 0 Å². The Morgan fingerprint density at radius 1 is 1.24 bits per heavy atom. The molecule has 1 aliphatic carbocycles. The van der Waals surface area contributed by atoms with E-state index in [0.717, 1.165) is 24.2 Å². The minimum atomic E-state index is -0.256. The van der Waals surface area contributed by atoms with Crippen molar-refractivity contribution in [3.8, 4) is 5.75 Å². The summed E-state index contributed by atoms with van der Waals surface area (Å²) in [5.74, 6) is 0.902. The summed E-state index contributed by atoms with van der Waals surface area (Å²) in [4.78, 5) is 26.2. The van der Waals surface area contributed by atoms with E-state index in [1.165, 1.54) is 28.2 Å². The van der Waals surface area contributed by atoms with Crippen molar-refractivity contribution < 1.29 is 14.3 Å². The molecule has 132 valence electrons. The highest BCUT2D eigenvalue weighted by Crippen LogP contribution is 2.32. The summed E-state index contributed by atoms with van der Waals surface area (Å²) >= 11 is 1.53. The first-order chi connectivity index (χ1) is 12.0. The van der Waals surface area contributed by atoms with Gasteiger partial charge in [0.15, 0.2) is 0 Å². The number of carbonyl (C=O) groups excluding carboxylic acids is 2. The van der Waals surface area contributed by atoms with Crippen LogP contribution in [0, 0.1) is 5.92 Å². The van der Waals surface area contributed by atoms with E-state index in [0.29, 0.717) is 10.8 Å². The Hall–Kier alpha value is -2.34. The number of hydrogen-bond acceptors (Lipinski definition) is 4. The van der Waals surface area contributed by atoms with E-state index in [9.17, 15) is 9.59 Å². The Bertz CT molecular complexity index is 767. The predicted octanol–water partition coefficient (Wildman–Crippen LogP) is 2.89. The number of ether oxygens (including phenoxy) is 1. The van der Waals surface area contributed by atoms with Gasteiger partial charge in [0.2, 0.25) is 5.91 Å². The van der Waals surface area contributed by atoms with Crippen molar-refractivity contribution in [3.05, 3.63) is 51.2 Å². The molecule has 25 heavy (non-hydrogen) atoms. The number of rotatable bonds is 4. The molecule has 1 aliphatic rings. The quantitative estimate of drug-likeness (QED) is 0.826. The standard InChI is InChI=1S/C19H22N2O3S/c1-12-3-8-16-14(9-12)11-17(25-16)19(23)21-20-18(22)10-13-4-6-15(24-2)7-5-13/h4-7,11-12H,3,8-10H2,1-2H3,(H,20,22)(H,21,23)/t12-/m1/s1. The summed E-state index contributed by atoms with van der Waals surface area (Å²) < 4.78 is 5.09. The normalized spacial score (nSPS) is 16.0. The average Bonchev–Trinajstić information content (AvgIpc) is 3.03. The van der Waals surface area contributed by atoms with Gasteiger partial charge in [-0.3, -0.25) is 20.4 Å². The van der Waals surface area contributed by atoms with Crippen molar-refractivity contribution in [1.29, 1.82) is 0 Å². The summed E-state index contributed by atoms with van der Waals surface area (Å²) in [6.07, 6.45) is 3.44. The van der Waals surface area contributed by atoms with Gasteiger partial charge in [-0.15, -0.1) is 11.3 Å². The SMILES string of the molecule is COc1ccc(CC(=O)NNC(=O)c2cc3c(s2)CC[C@@H](C)C3)cc1. The predicted molar refractivity (Wildman–Crippen MR) is 97.8 cm³/mol. The van der Waals surface area contributed by atoms with Crippen molar-refractivity contribution >= 4 is 23.2 Å². The van der Waals surface area contributed by atoms with E-state index >= 15 is 0 Å². The van der Waals surface area contributed by atoms with Gasteiger partial charge < -0.3 is 4.74 Å².